The summed E-state index contributed by atoms with van der Waals surface area (Å²) < 4.78 is 5.01. The van der Waals surface area contributed by atoms with Gasteiger partial charge in [-0.15, -0.1) is 0 Å². The van der Waals surface area contributed by atoms with Gasteiger partial charge in [0.2, 0.25) is 0 Å². The zero-order chi connectivity index (χ0) is 18.7. The molecule has 0 saturated heterocycles. The van der Waals surface area contributed by atoms with Gasteiger partial charge in [0.25, 0.3) is 0 Å². The molecule has 3 N–H and O–H groups in total. The second-order valence-corrected chi connectivity index (χ2v) is 6.17. The van der Waals surface area contributed by atoms with Crippen molar-refractivity contribution >= 4 is 23.2 Å². The number of nitrogens with one attached hydrogen (secondary N) is 1. The average Bonchev–Trinajstić information content (AvgIpc) is 2.65. The lowest BCUT2D eigenvalue weighted by molar-refractivity contribution is -0.144. The van der Waals surface area contributed by atoms with Crippen LogP contribution in [0.15, 0.2) is 42.5 Å². The van der Waals surface area contributed by atoms with E-state index in [0.29, 0.717) is 40.9 Å². The number of benzene rings is 2. The fraction of sp³-hybridized carbons (Fsp3) is 0.250. The molecule has 2 aromatic carbocycles. The van der Waals surface area contributed by atoms with Crippen LogP contribution in [0.25, 0.3) is 0 Å². The number of ketones is 2. The van der Waals surface area contributed by atoms with Gasteiger partial charge < -0.3 is 15.8 Å². The van der Waals surface area contributed by atoms with Crippen molar-refractivity contribution in [3.63, 3.8) is 0 Å². The van der Waals surface area contributed by atoms with Gasteiger partial charge in [0, 0.05) is 28.9 Å². The predicted octanol–water partition coefficient (Wildman–Crippen LogP) is 2.15. The van der Waals surface area contributed by atoms with Crippen LogP contribution in [-0.2, 0) is 9.53 Å². The van der Waals surface area contributed by atoms with E-state index >= 15 is 0 Å². The summed E-state index contributed by atoms with van der Waals surface area (Å²) in [5.41, 5.74) is 7.68. The first-order valence-electron chi connectivity index (χ1n) is 8.48. The van der Waals surface area contributed by atoms with E-state index in [1.54, 1.807) is 49.4 Å². The smallest absolute Gasteiger partial charge is 0.322 e. The molecule has 6 nitrogen and oxygen atoms in total. The van der Waals surface area contributed by atoms with Gasteiger partial charge in [0.05, 0.1) is 12.2 Å². The molecular weight excluding hydrogens is 332 g/mol. The summed E-state index contributed by atoms with van der Waals surface area (Å²) in [7, 11) is 0. The van der Waals surface area contributed by atoms with Crippen molar-refractivity contribution in [2.75, 3.05) is 18.5 Å². The average molecular weight is 352 g/mol. The summed E-state index contributed by atoms with van der Waals surface area (Å²) in [6.45, 7) is 2.29. The number of ether oxygens (including phenoxy) is 1. The highest BCUT2D eigenvalue weighted by Gasteiger charge is 2.31. The van der Waals surface area contributed by atoms with Crippen molar-refractivity contribution in [3.05, 3.63) is 64.7 Å². The van der Waals surface area contributed by atoms with Crippen LogP contribution in [0.1, 0.15) is 45.2 Å². The molecule has 3 rings (SSSR count). The molecule has 6 heteroatoms. The van der Waals surface area contributed by atoms with Gasteiger partial charge >= 0.3 is 5.97 Å². The van der Waals surface area contributed by atoms with Crippen molar-refractivity contribution in [1.29, 1.82) is 0 Å². The van der Waals surface area contributed by atoms with E-state index in [9.17, 15) is 14.4 Å². The van der Waals surface area contributed by atoms with Crippen molar-refractivity contribution in [1.82, 2.24) is 0 Å². The van der Waals surface area contributed by atoms with Crippen molar-refractivity contribution in [2.45, 2.75) is 19.4 Å². The number of fused-ring (bicyclic) bond motifs is 2. The molecule has 0 saturated carbocycles. The van der Waals surface area contributed by atoms with E-state index in [1.807, 2.05) is 0 Å². The van der Waals surface area contributed by atoms with Crippen LogP contribution in [0.4, 0.5) is 5.69 Å². The Bertz CT molecular complexity index is 874. The molecule has 0 aliphatic heterocycles. The normalized spacial score (nSPS) is 13.6. The Labute approximate surface area is 151 Å². The number of nitrogens with two attached hydrogens (primary N) is 1. The van der Waals surface area contributed by atoms with Crippen LogP contribution >= 0.6 is 0 Å². The van der Waals surface area contributed by atoms with Gasteiger partial charge in [-0.05, 0) is 19.4 Å². The minimum Gasteiger partial charge on any atom is -0.464 e. The molecule has 0 fully saturated rings. The Morgan fingerprint density at radius 1 is 1.04 bits per heavy atom. The van der Waals surface area contributed by atoms with Gasteiger partial charge in [0.1, 0.15) is 6.04 Å². The highest BCUT2D eigenvalue weighted by Crippen LogP contribution is 2.31. The molecule has 1 atom stereocenters. The van der Waals surface area contributed by atoms with E-state index in [-0.39, 0.29) is 18.2 Å². The molecule has 0 heterocycles. The standard InChI is InChI=1S/C20H20N2O4/c1-12(21)20(25)26-11-5-10-22-16-9-4-8-15-17(16)19(24)14-7-3-2-6-13(14)18(15)23/h2-4,6-9,12,22H,5,10-11,21H2,1H3/t12-/m0/s1. The van der Waals surface area contributed by atoms with Gasteiger partial charge in [-0.25, -0.2) is 0 Å². The summed E-state index contributed by atoms with van der Waals surface area (Å²) in [6, 6.07) is 11.4. The maximum atomic E-state index is 12.9. The minimum absolute atomic E-state index is 0.148. The molecule has 1 aliphatic carbocycles. The van der Waals surface area contributed by atoms with Crippen LogP contribution in [0.5, 0.6) is 0 Å². The van der Waals surface area contributed by atoms with Crippen molar-refractivity contribution in [3.8, 4) is 0 Å². The fourth-order valence-corrected chi connectivity index (χ4v) is 2.89. The Kier molecular flexibility index (Phi) is 5.14. The Hall–Kier alpha value is -2.99. The first-order valence-corrected chi connectivity index (χ1v) is 8.48. The fourth-order valence-electron chi connectivity index (χ4n) is 2.89. The zero-order valence-electron chi connectivity index (χ0n) is 14.5. The number of hydrogen-bond acceptors (Lipinski definition) is 6. The topological polar surface area (TPSA) is 98.5 Å². The lowest BCUT2D eigenvalue weighted by Gasteiger charge is -2.20. The Morgan fingerprint density at radius 3 is 2.38 bits per heavy atom. The van der Waals surface area contributed by atoms with Gasteiger partial charge in [-0.1, -0.05) is 36.4 Å². The summed E-state index contributed by atoms with van der Waals surface area (Å²) in [5.74, 6) is -0.758. The van der Waals surface area contributed by atoms with Crippen LogP contribution in [0, 0.1) is 0 Å². The van der Waals surface area contributed by atoms with E-state index in [4.69, 9.17) is 10.5 Å². The molecular formula is C20H20N2O4. The minimum atomic E-state index is -0.646. The molecule has 1 aliphatic rings. The quantitative estimate of drug-likeness (QED) is 0.521. The summed E-state index contributed by atoms with van der Waals surface area (Å²) >= 11 is 0. The number of carbonyl (C=O) groups is 3. The number of carbonyl (C=O) groups excluding carboxylic acids is 3. The number of esters is 1. The van der Waals surface area contributed by atoms with E-state index < -0.39 is 12.0 Å². The van der Waals surface area contributed by atoms with E-state index in [0.717, 1.165) is 0 Å². The Morgan fingerprint density at radius 2 is 1.69 bits per heavy atom. The first-order chi connectivity index (χ1) is 12.5. The second-order valence-electron chi connectivity index (χ2n) is 6.17. The summed E-state index contributed by atoms with van der Waals surface area (Å²) in [4.78, 5) is 36.8. The number of rotatable bonds is 6. The summed E-state index contributed by atoms with van der Waals surface area (Å²) in [5, 5.41) is 3.16. The molecule has 2 aromatic rings. The van der Waals surface area contributed by atoms with Gasteiger partial charge in [-0.2, -0.15) is 0 Å². The van der Waals surface area contributed by atoms with E-state index in [1.165, 1.54) is 0 Å². The highest BCUT2D eigenvalue weighted by molar-refractivity contribution is 6.30. The molecule has 0 bridgehead atoms. The summed E-state index contributed by atoms with van der Waals surface area (Å²) in [6.07, 6.45) is 0.556. The molecule has 26 heavy (non-hydrogen) atoms. The molecule has 134 valence electrons. The largest absolute Gasteiger partial charge is 0.464 e. The lowest BCUT2D eigenvalue weighted by atomic mass is 9.83. The molecule has 0 amide bonds. The van der Waals surface area contributed by atoms with Crippen LogP contribution in [-0.4, -0.2) is 36.7 Å². The number of hydrogen-bond donors (Lipinski definition) is 2. The monoisotopic (exact) mass is 352 g/mol. The number of anilines is 1. The maximum Gasteiger partial charge on any atom is 0.322 e. The third-order valence-corrected chi connectivity index (χ3v) is 4.21. The van der Waals surface area contributed by atoms with Crippen LogP contribution in [0.2, 0.25) is 0 Å². The highest BCUT2D eigenvalue weighted by atomic mass is 16.5. The van der Waals surface area contributed by atoms with Gasteiger partial charge in [0.15, 0.2) is 11.6 Å². The zero-order valence-corrected chi connectivity index (χ0v) is 14.5. The third kappa shape index (κ3) is 3.36. The lowest BCUT2D eigenvalue weighted by Crippen LogP contribution is -2.29. The van der Waals surface area contributed by atoms with E-state index in [2.05, 4.69) is 5.32 Å². The van der Waals surface area contributed by atoms with Crippen molar-refractivity contribution in [2.24, 2.45) is 5.73 Å². The SMILES string of the molecule is C[C@H](N)C(=O)OCCCNc1cccc2c1C(=O)c1ccccc1C2=O. The first kappa shape index (κ1) is 17.8. The van der Waals surface area contributed by atoms with Crippen molar-refractivity contribution < 1.29 is 19.1 Å². The van der Waals surface area contributed by atoms with Crippen LogP contribution in [0.3, 0.4) is 0 Å². The second kappa shape index (κ2) is 7.49. The Balaban J connectivity index is 1.72. The molecule has 0 unspecified atom stereocenters. The molecule has 0 spiro atoms. The van der Waals surface area contributed by atoms with Crippen LogP contribution < -0.4 is 11.1 Å². The third-order valence-electron chi connectivity index (χ3n) is 4.21. The molecule has 0 aromatic heterocycles. The maximum absolute atomic E-state index is 12.9. The molecule has 0 radical (unpaired) electrons. The van der Waals surface area contributed by atoms with Gasteiger partial charge in [-0.3, -0.25) is 14.4 Å². The predicted molar refractivity (Wildman–Crippen MR) is 97.5 cm³/mol.